The number of nitrogens with zero attached hydrogens (tertiary/aromatic N) is 1. The third-order valence-corrected chi connectivity index (χ3v) is 4.63. The fraction of sp³-hybridized carbons (Fsp3) is 1.00. The Kier molecular flexibility index (Phi) is 4.48. The number of hydrogen-bond acceptors (Lipinski definition) is 2. The van der Waals surface area contributed by atoms with Crippen LogP contribution in [0.25, 0.3) is 0 Å². The zero-order chi connectivity index (χ0) is 12.3. The van der Waals surface area contributed by atoms with Crippen LogP contribution < -0.4 is 5.32 Å². The van der Waals surface area contributed by atoms with E-state index in [1.54, 1.807) is 0 Å². The van der Waals surface area contributed by atoms with Gasteiger partial charge in [-0.25, -0.2) is 0 Å². The Labute approximate surface area is 107 Å². The van der Waals surface area contributed by atoms with Gasteiger partial charge in [-0.15, -0.1) is 0 Å². The van der Waals surface area contributed by atoms with E-state index in [-0.39, 0.29) is 0 Å². The zero-order valence-corrected chi connectivity index (χ0v) is 12.0. The molecule has 0 radical (unpaired) electrons. The molecule has 0 aromatic rings. The lowest BCUT2D eigenvalue weighted by atomic mass is 9.93. The zero-order valence-electron chi connectivity index (χ0n) is 12.0. The molecule has 2 heteroatoms. The first kappa shape index (κ1) is 13.4. The lowest BCUT2D eigenvalue weighted by Crippen LogP contribution is -2.63. The van der Waals surface area contributed by atoms with Gasteiger partial charge in [-0.1, -0.05) is 32.6 Å². The van der Waals surface area contributed by atoms with Gasteiger partial charge in [-0.2, -0.15) is 0 Å². The quantitative estimate of drug-likeness (QED) is 0.743. The number of piperazine rings is 1. The maximum Gasteiger partial charge on any atom is 0.0253 e. The van der Waals surface area contributed by atoms with Gasteiger partial charge in [0, 0.05) is 30.7 Å². The molecule has 1 aliphatic carbocycles. The van der Waals surface area contributed by atoms with Gasteiger partial charge in [0.05, 0.1) is 0 Å². The van der Waals surface area contributed by atoms with E-state index in [0.717, 1.165) is 12.1 Å². The highest BCUT2D eigenvalue weighted by atomic mass is 15.3. The minimum Gasteiger partial charge on any atom is -0.309 e. The summed E-state index contributed by atoms with van der Waals surface area (Å²) in [5.74, 6) is 0. The van der Waals surface area contributed by atoms with Crippen molar-refractivity contribution in [2.45, 2.75) is 83.3 Å². The molecular weight excluding hydrogens is 208 g/mol. The Morgan fingerprint density at radius 3 is 2.35 bits per heavy atom. The first-order valence-electron chi connectivity index (χ1n) is 7.63. The molecule has 0 spiro atoms. The monoisotopic (exact) mass is 238 g/mol. The molecule has 1 heterocycles. The van der Waals surface area contributed by atoms with E-state index in [2.05, 4.69) is 31.0 Å². The van der Waals surface area contributed by atoms with Gasteiger partial charge >= 0.3 is 0 Å². The summed E-state index contributed by atoms with van der Waals surface area (Å²) in [6.45, 7) is 9.45. The standard InChI is InChI=1S/C15H30N2/c1-4-13-11-16-15(2,3)12-17(13)14-9-7-5-6-8-10-14/h13-14,16H,4-12H2,1-3H3. The molecule has 0 amide bonds. The molecule has 17 heavy (non-hydrogen) atoms. The third-order valence-electron chi connectivity index (χ3n) is 4.63. The second-order valence-electron chi connectivity index (χ2n) is 6.64. The molecule has 2 nitrogen and oxygen atoms in total. The smallest absolute Gasteiger partial charge is 0.0253 e. The minimum atomic E-state index is 0.304. The van der Waals surface area contributed by atoms with Crippen molar-refractivity contribution in [3.8, 4) is 0 Å². The van der Waals surface area contributed by atoms with Crippen LogP contribution in [0.2, 0.25) is 0 Å². The molecule has 100 valence electrons. The summed E-state index contributed by atoms with van der Waals surface area (Å²) in [4.78, 5) is 2.84. The molecule has 0 aromatic carbocycles. The molecule has 2 rings (SSSR count). The summed E-state index contributed by atoms with van der Waals surface area (Å²) in [6.07, 6.45) is 9.99. The first-order chi connectivity index (χ1) is 8.12. The van der Waals surface area contributed by atoms with E-state index in [1.165, 1.54) is 58.0 Å². The average Bonchev–Trinajstić information content (AvgIpc) is 2.56. The molecule has 1 unspecified atom stereocenters. The van der Waals surface area contributed by atoms with Crippen molar-refractivity contribution in [3.63, 3.8) is 0 Å². The van der Waals surface area contributed by atoms with E-state index in [1.807, 2.05) is 0 Å². The summed E-state index contributed by atoms with van der Waals surface area (Å²) in [6, 6.07) is 1.63. The molecule has 1 aliphatic heterocycles. The normalized spacial score (nSPS) is 32.3. The average molecular weight is 238 g/mol. The van der Waals surface area contributed by atoms with Crippen molar-refractivity contribution in [1.29, 1.82) is 0 Å². The maximum absolute atomic E-state index is 3.70. The lowest BCUT2D eigenvalue weighted by molar-refractivity contribution is 0.0454. The van der Waals surface area contributed by atoms with Crippen molar-refractivity contribution in [3.05, 3.63) is 0 Å². The van der Waals surface area contributed by atoms with Crippen molar-refractivity contribution >= 4 is 0 Å². The molecule has 1 atom stereocenters. The van der Waals surface area contributed by atoms with Crippen molar-refractivity contribution in [1.82, 2.24) is 10.2 Å². The maximum atomic E-state index is 3.70. The van der Waals surface area contributed by atoms with Crippen LogP contribution in [0.4, 0.5) is 0 Å². The Morgan fingerprint density at radius 2 is 1.76 bits per heavy atom. The van der Waals surface area contributed by atoms with Gasteiger partial charge < -0.3 is 5.32 Å². The summed E-state index contributed by atoms with van der Waals surface area (Å²) >= 11 is 0. The van der Waals surface area contributed by atoms with Gasteiger partial charge in [-0.05, 0) is 33.1 Å². The number of rotatable bonds is 2. The van der Waals surface area contributed by atoms with Crippen LogP contribution in [-0.2, 0) is 0 Å². The molecule has 0 bridgehead atoms. The highest BCUT2D eigenvalue weighted by Gasteiger charge is 2.35. The molecule has 1 N–H and O–H groups in total. The van der Waals surface area contributed by atoms with E-state index >= 15 is 0 Å². The summed E-state index contributed by atoms with van der Waals surface area (Å²) in [5, 5.41) is 3.70. The fourth-order valence-electron chi connectivity index (χ4n) is 3.55. The van der Waals surface area contributed by atoms with E-state index in [0.29, 0.717) is 5.54 Å². The van der Waals surface area contributed by atoms with Crippen LogP contribution in [0.5, 0.6) is 0 Å². The highest BCUT2D eigenvalue weighted by Crippen LogP contribution is 2.27. The predicted molar refractivity (Wildman–Crippen MR) is 74.4 cm³/mol. The third kappa shape index (κ3) is 3.45. The molecule has 2 aliphatic rings. The molecular formula is C15H30N2. The largest absolute Gasteiger partial charge is 0.309 e. The Bertz CT molecular complexity index is 229. The molecule has 1 saturated heterocycles. The van der Waals surface area contributed by atoms with E-state index in [9.17, 15) is 0 Å². The van der Waals surface area contributed by atoms with Crippen LogP contribution in [-0.4, -0.2) is 35.6 Å². The highest BCUT2D eigenvalue weighted by molar-refractivity contribution is 4.94. The predicted octanol–water partition coefficient (Wildman–Crippen LogP) is 3.17. The van der Waals surface area contributed by atoms with Gasteiger partial charge in [0.2, 0.25) is 0 Å². The van der Waals surface area contributed by atoms with Gasteiger partial charge in [0.15, 0.2) is 0 Å². The van der Waals surface area contributed by atoms with Crippen LogP contribution in [0.3, 0.4) is 0 Å². The van der Waals surface area contributed by atoms with Crippen LogP contribution in [0.1, 0.15) is 65.7 Å². The Morgan fingerprint density at radius 1 is 1.12 bits per heavy atom. The SMILES string of the molecule is CCC1CNC(C)(C)CN1C1CCCCCC1. The van der Waals surface area contributed by atoms with Gasteiger partial charge in [0.25, 0.3) is 0 Å². The lowest BCUT2D eigenvalue weighted by Gasteiger charge is -2.48. The van der Waals surface area contributed by atoms with E-state index in [4.69, 9.17) is 0 Å². The van der Waals surface area contributed by atoms with Gasteiger partial charge in [-0.3, -0.25) is 4.90 Å². The molecule has 0 aromatic heterocycles. The summed E-state index contributed by atoms with van der Waals surface area (Å²) < 4.78 is 0. The number of hydrogen-bond donors (Lipinski definition) is 1. The number of nitrogens with one attached hydrogen (secondary N) is 1. The topological polar surface area (TPSA) is 15.3 Å². The van der Waals surface area contributed by atoms with Crippen LogP contribution in [0, 0.1) is 0 Å². The molecule has 2 fully saturated rings. The van der Waals surface area contributed by atoms with Crippen LogP contribution in [0.15, 0.2) is 0 Å². The van der Waals surface area contributed by atoms with Crippen molar-refractivity contribution < 1.29 is 0 Å². The van der Waals surface area contributed by atoms with E-state index < -0.39 is 0 Å². The van der Waals surface area contributed by atoms with Gasteiger partial charge in [0.1, 0.15) is 0 Å². The Hall–Kier alpha value is -0.0800. The minimum absolute atomic E-state index is 0.304. The van der Waals surface area contributed by atoms with Crippen molar-refractivity contribution in [2.24, 2.45) is 0 Å². The summed E-state index contributed by atoms with van der Waals surface area (Å²) in [5.41, 5.74) is 0.304. The second-order valence-corrected chi connectivity index (χ2v) is 6.64. The molecule has 1 saturated carbocycles. The first-order valence-corrected chi connectivity index (χ1v) is 7.63. The van der Waals surface area contributed by atoms with Crippen molar-refractivity contribution in [2.75, 3.05) is 13.1 Å². The Balaban J connectivity index is 2.02. The fourth-order valence-corrected chi connectivity index (χ4v) is 3.55. The van der Waals surface area contributed by atoms with Crippen LogP contribution >= 0.6 is 0 Å². The second kappa shape index (κ2) is 5.71. The summed E-state index contributed by atoms with van der Waals surface area (Å²) in [7, 11) is 0.